The van der Waals surface area contributed by atoms with Crippen LogP contribution in [0.4, 0.5) is 0 Å². The van der Waals surface area contributed by atoms with Crippen molar-refractivity contribution in [2.24, 2.45) is 0 Å². The van der Waals surface area contributed by atoms with Gasteiger partial charge in [0.05, 0.1) is 12.5 Å². The maximum Gasteiger partial charge on any atom is 0.313 e. The SMILES string of the molecule is CCCOC(=O)[C]1CCNCC1. The van der Waals surface area contributed by atoms with Crippen molar-refractivity contribution < 1.29 is 9.53 Å². The third-order valence-corrected chi connectivity index (χ3v) is 1.93. The Balaban J connectivity index is 2.20. The minimum absolute atomic E-state index is 0.0849. The van der Waals surface area contributed by atoms with Gasteiger partial charge in [-0.05, 0) is 32.4 Å². The van der Waals surface area contributed by atoms with Crippen molar-refractivity contribution in [2.75, 3.05) is 19.7 Å². The summed E-state index contributed by atoms with van der Waals surface area (Å²) in [5, 5.41) is 3.20. The molecule has 0 saturated carbocycles. The first-order valence-electron chi connectivity index (χ1n) is 4.57. The summed E-state index contributed by atoms with van der Waals surface area (Å²) in [6.45, 7) is 4.38. The van der Waals surface area contributed by atoms with Crippen LogP contribution in [0.2, 0.25) is 0 Å². The fourth-order valence-electron chi connectivity index (χ4n) is 1.23. The first kappa shape index (κ1) is 9.52. The summed E-state index contributed by atoms with van der Waals surface area (Å²) in [4.78, 5) is 11.3. The van der Waals surface area contributed by atoms with E-state index in [0.717, 1.165) is 38.3 Å². The van der Waals surface area contributed by atoms with Crippen LogP contribution in [0.1, 0.15) is 26.2 Å². The van der Waals surface area contributed by atoms with E-state index in [1.54, 1.807) is 0 Å². The zero-order chi connectivity index (χ0) is 8.81. The molecule has 1 fully saturated rings. The number of hydrogen-bond acceptors (Lipinski definition) is 3. The number of ether oxygens (including phenoxy) is 1. The van der Waals surface area contributed by atoms with Gasteiger partial charge in [-0.25, -0.2) is 0 Å². The number of nitrogens with one attached hydrogen (secondary N) is 1. The summed E-state index contributed by atoms with van der Waals surface area (Å²) in [6, 6.07) is 0. The molecule has 0 aromatic heterocycles. The molecule has 0 aromatic carbocycles. The van der Waals surface area contributed by atoms with E-state index in [0.29, 0.717) is 6.61 Å². The largest absolute Gasteiger partial charge is 0.465 e. The smallest absolute Gasteiger partial charge is 0.313 e. The van der Waals surface area contributed by atoms with Gasteiger partial charge in [0.1, 0.15) is 0 Å². The van der Waals surface area contributed by atoms with Crippen LogP contribution in [0.25, 0.3) is 0 Å². The minimum atomic E-state index is -0.0849. The van der Waals surface area contributed by atoms with Crippen LogP contribution in [-0.2, 0) is 9.53 Å². The second-order valence-electron chi connectivity index (χ2n) is 2.99. The Morgan fingerprint density at radius 1 is 1.50 bits per heavy atom. The van der Waals surface area contributed by atoms with Crippen molar-refractivity contribution in [3.8, 4) is 0 Å². The molecule has 0 amide bonds. The summed E-state index contributed by atoms with van der Waals surface area (Å²) in [6.07, 6.45) is 2.60. The molecule has 1 aliphatic heterocycles. The highest BCUT2D eigenvalue weighted by Gasteiger charge is 2.22. The predicted octanol–water partition coefficient (Wildman–Crippen LogP) is 0.897. The van der Waals surface area contributed by atoms with Crippen LogP contribution >= 0.6 is 0 Å². The molecule has 0 bridgehead atoms. The van der Waals surface area contributed by atoms with E-state index >= 15 is 0 Å². The quantitative estimate of drug-likeness (QED) is 0.639. The maximum atomic E-state index is 11.3. The van der Waals surface area contributed by atoms with E-state index in [4.69, 9.17) is 4.74 Å². The predicted molar refractivity (Wildman–Crippen MR) is 46.6 cm³/mol. The summed E-state index contributed by atoms with van der Waals surface area (Å²) in [5.74, 6) is 0.862. The highest BCUT2D eigenvalue weighted by molar-refractivity contribution is 5.84. The van der Waals surface area contributed by atoms with E-state index in [1.807, 2.05) is 6.92 Å². The third-order valence-electron chi connectivity index (χ3n) is 1.93. The molecular formula is C9H16NO2. The summed E-state index contributed by atoms with van der Waals surface area (Å²) in [5.41, 5.74) is 0. The monoisotopic (exact) mass is 170 g/mol. The lowest BCUT2D eigenvalue weighted by atomic mass is 9.99. The number of hydrogen-bond donors (Lipinski definition) is 1. The van der Waals surface area contributed by atoms with Crippen molar-refractivity contribution in [2.45, 2.75) is 26.2 Å². The van der Waals surface area contributed by atoms with Crippen molar-refractivity contribution in [3.05, 3.63) is 5.92 Å². The van der Waals surface area contributed by atoms with E-state index in [2.05, 4.69) is 5.32 Å². The molecule has 0 aliphatic carbocycles. The summed E-state index contributed by atoms with van der Waals surface area (Å²) < 4.78 is 5.03. The van der Waals surface area contributed by atoms with Gasteiger partial charge in [0, 0.05) is 0 Å². The number of carbonyl (C=O) groups is 1. The minimum Gasteiger partial charge on any atom is -0.465 e. The molecule has 69 valence electrons. The van der Waals surface area contributed by atoms with E-state index in [1.165, 1.54) is 0 Å². The Morgan fingerprint density at radius 3 is 2.75 bits per heavy atom. The molecule has 0 unspecified atom stereocenters. The Labute approximate surface area is 73.5 Å². The molecule has 1 radical (unpaired) electrons. The Hall–Kier alpha value is -0.570. The van der Waals surface area contributed by atoms with Gasteiger partial charge in [-0.2, -0.15) is 0 Å². The number of piperidine rings is 1. The third kappa shape index (κ3) is 2.81. The topological polar surface area (TPSA) is 38.3 Å². The number of rotatable bonds is 3. The van der Waals surface area contributed by atoms with Crippen molar-refractivity contribution in [1.29, 1.82) is 0 Å². The van der Waals surface area contributed by atoms with Gasteiger partial charge < -0.3 is 10.1 Å². The van der Waals surface area contributed by atoms with Gasteiger partial charge in [-0.3, -0.25) is 4.79 Å². The molecule has 1 N–H and O–H groups in total. The van der Waals surface area contributed by atoms with Crippen LogP contribution in [-0.4, -0.2) is 25.7 Å². The van der Waals surface area contributed by atoms with Crippen LogP contribution in [0.5, 0.6) is 0 Å². The molecule has 1 aliphatic rings. The molecule has 0 aromatic rings. The van der Waals surface area contributed by atoms with Gasteiger partial charge in [-0.1, -0.05) is 6.92 Å². The molecule has 0 atom stereocenters. The fourth-order valence-corrected chi connectivity index (χ4v) is 1.23. The molecule has 0 spiro atoms. The van der Waals surface area contributed by atoms with Crippen molar-refractivity contribution in [1.82, 2.24) is 5.32 Å². The standard InChI is InChI=1S/C9H16NO2/c1-2-7-12-9(11)8-3-5-10-6-4-8/h10H,2-7H2,1H3. The average Bonchev–Trinajstić information content (AvgIpc) is 2.15. The van der Waals surface area contributed by atoms with Crippen molar-refractivity contribution >= 4 is 5.97 Å². The van der Waals surface area contributed by atoms with Gasteiger partial charge in [0.2, 0.25) is 0 Å². The average molecular weight is 170 g/mol. The van der Waals surface area contributed by atoms with E-state index in [9.17, 15) is 4.79 Å². The van der Waals surface area contributed by atoms with Gasteiger partial charge in [-0.15, -0.1) is 0 Å². The van der Waals surface area contributed by atoms with Crippen molar-refractivity contribution in [3.63, 3.8) is 0 Å². The maximum absolute atomic E-state index is 11.3. The summed E-state index contributed by atoms with van der Waals surface area (Å²) in [7, 11) is 0. The van der Waals surface area contributed by atoms with Crippen LogP contribution < -0.4 is 5.32 Å². The number of esters is 1. The highest BCUT2D eigenvalue weighted by Crippen LogP contribution is 2.15. The first-order valence-corrected chi connectivity index (χ1v) is 4.57. The van der Waals surface area contributed by atoms with Crippen LogP contribution in [0.3, 0.4) is 0 Å². The molecular weight excluding hydrogens is 154 g/mol. The Morgan fingerprint density at radius 2 is 2.17 bits per heavy atom. The van der Waals surface area contributed by atoms with E-state index in [-0.39, 0.29) is 5.97 Å². The highest BCUT2D eigenvalue weighted by atomic mass is 16.5. The second-order valence-corrected chi connectivity index (χ2v) is 2.99. The molecule has 1 heterocycles. The molecule has 12 heavy (non-hydrogen) atoms. The lowest BCUT2D eigenvalue weighted by molar-refractivity contribution is -0.142. The Kier molecular flexibility index (Phi) is 4.08. The Bertz CT molecular complexity index is 141. The van der Waals surface area contributed by atoms with Crippen LogP contribution in [0.15, 0.2) is 0 Å². The summed E-state index contributed by atoms with van der Waals surface area (Å²) >= 11 is 0. The van der Waals surface area contributed by atoms with Gasteiger partial charge >= 0.3 is 5.97 Å². The van der Waals surface area contributed by atoms with Crippen LogP contribution in [0, 0.1) is 5.92 Å². The molecule has 3 heteroatoms. The van der Waals surface area contributed by atoms with Gasteiger partial charge in [0.15, 0.2) is 0 Å². The molecule has 1 saturated heterocycles. The van der Waals surface area contributed by atoms with Gasteiger partial charge in [0.25, 0.3) is 0 Å². The first-order chi connectivity index (χ1) is 5.84. The lowest BCUT2D eigenvalue weighted by Crippen LogP contribution is -2.31. The second kappa shape index (κ2) is 5.14. The molecule has 3 nitrogen and oxygen atoms in total. The lowest BCUT2D eigenvalue weighted by Gasteiger charge is -2.19. The molecule has 1 rings (SSSR count). The van der Waals surface area contributed by atoms with E-state index < -0.39 is 0 Å². The zero-order valence-electron chi connectivity index (χ0n) is 7.56. The number of carbonyl (C=O) groups excluding carboxylic acids is 1. The zero-order valence-corrected chi connectivity index (χ0v) is 7.56. The normalized spacial score (nSPS) is 19.1. The fraction of sp³-hybridized carbons (Fsp3) is 0.778.